The molecular weight excluding hydrogens is 408 g/mol. The minimum atomic E-state index is -0.900. The van der Waals surface area contributed by atoms with E-state index >= 15 is 0 Å². The molecule has 2 N–H and O–H groups in total. The molecule has 9 nitrogen and oxygen atoms in total. The third kappa shape index (κ3) is 4.77. The van der Waals surface area contributed by atoms with Gasteiger partial charge in [-0.15, -0.1) is 10.2 Å². The van der Waals surface area contributed by atoms with Crippen molar-refractivity contribution in [3.8, 4) is 16.9 Å². The average Bonchev–Trinajstić information content (AvgIpc) is 2.82. The van der Waals surface area contributed by atoms with Crippen LogP contribution in [0.2, 0.25) is 0 Å². The maximum absolute atomic E-state index is 14.4. The number of anilines is 4. The largest absolute Gasteiger partial charge is 0.463 e. The lowest BCUT2D eigenvalue weighted by Crippen LogP contribution is -2.37. The van der Waals surface area contributed by atoms with Crippen LogP contribution in [0.1, 0.15) is 0 Å². The topological polar surface area (TPSA) is 97.3 Å². The summed E-state index contributed by atoms with van der Waals surface area (Å²) in [5.74, 6) is 1.06. The summed E-state index contributed by atoms with van der Waals surface area (Å²) in [6.45, 7) is 1.50. The highest BCUT2D eigenvalue weighted by molar-refractivity contribution is 5.78. The molecule has 31 heavy (non-hydrogen) atoms. The first kappa shape index (κ1) is 20.7. The zero-order valence-corrected chi connectivity index (χ0v) is 16.8. The predicted molar refractivity (Wildman–Crippen MR) is 112 cm³/mol. The van der Waals surface area contributed by atoms with Crippen molar-refractivity contribution in [1.82, 2.24) is 20.2 Å². The summed E-state index contributed by atoms with van der Waals surface area (Å²) in [4.78, 5) is 10.3. The Morgan fingerprint density at radius 2 is 1.90 bits per heavy atom. The first-order chi connectivity index (χ1) is 15.2. The molecule has 0 atom stereocenters. The van der Waals surface area contributed by atoms with E-state index in [1.165, 1.54) is 0 Å². The van der Waals surface area contributed by atoms with E-state index in [2.05, 4.69) is 30.8 Å². The average molecular weight is 429 g/mol. The van der Waals surface area contributed by atoms with Gasteiger partial charge < -0.3 is 25.0 Å². The van der Waals surface area contributed by atoms with E-state index in [0.717, 1.165) is 17.3 Å². The van der Waals surface area contributed by atoms with Gasteiger partial charge in [0.1, 0.15) is 5.75 Å². The standard InChI is InChI=1S/C20H21F2N7O2/c1-23-18-15(13-2-4-14(5-3-13)31-12-21)10-17(27-28-18)25-19-16(22)11-24-20(26-19)29-6-8-30-9-7-29/h2-5,10-11H,6-9,12H2,1H3,(H,23,28)(H,24,25,26,27). The van der Waals surface area contributed by atoms with Crippen LogP contribution in [-0.2, 0) is 4.74 Å². The number of nitrogens with zero attached hydrogens (tertiary/aromatic N) is 5. The Balaban J connectivity index is 1.61. The summed E-state index contributed by atoms with van der Waals surface area (Å²) in [5, 5.41) is 14.1. The van der Waals surface area contributed by atoms with E-state index in [-0.39, 0.29) is 5.82 Å². The van der Waals surface area contributed by atoms with E-state index in [0.29, 0.717) is 49.6 Å². The van der Waals surface area contributed by atoms with E-state index in [9.17, 15) is 8.78 Å². The highest BCUT2D eigenvalue weighted by Gasteiger charge is 2.17. The molecule has 1 aliphatic heterocycles. The zero-order valence-electron chi connectivity index (χ0n) is 16.8. The van der Waals surface area contributed by atoms with Crippen LogP contribution in [0.25, 0.3) is 11.1 Å². The van der Waals surface area contributed by atoms with Crippen LogP contribution < -0.4 is 20.3 Å². The molecule has 1 aliphatic rings. The number of hydrogen-bond donors (Lipinski definition) is 2. The number of hydrogen-bond acceptors (Lipinski definition) is 9. The third-order valence-electron chi connectivity index (χ3n) is 4.69. The summed E-state index contributed by atoms with van der Waals surface area (Å²) < 4.78 is 36.9. The quantitative estimate of drug-likeness (QED) is 0.587. The van der Waals surface area contributed by atoms with Crippen molar-refractivity contribution in [3.05, 3.63) is 42.3 Å². The Bertz CT molecular complexity index is 1030. The fourth-order valence-corrected chi connectivity index (χ4v) is 3.13. The van der Waals surface area contributed by atoms with Gasteiger partial charge in [0.05, 0.1) is 19.4 Å². The molecule has 4 rings (SSSR count). The molecule has 162 valence electrons. The number of halogens is 2. The van der Waals surface area contributed by atoms with Crippen molar-refractivity contribution in [2.75, 3.05) is 55.7 Å². The van der Waals surface area contributed by atoms with Gasteiger partial charge >= 0.3 is 0 Å². The van der Waals surface area contributed by atoms with E-state index in [4.69, 9.17) is 9.47 Å². The summed E-state index contributed by atoms with van der Waals surface area (Å²) in [7, 11) is 1.72. The summed E-state index contributed by atoms with van der Waals surface area (Å²) in [6, 6.07) is 8.57. The van der Waals surface area contributed by atoms with Crippen LogP contribution in [0, 0.1) is 5.82 Å². The smallest absolute Gasteiger partial charge is 0.228 e. The second kappa shape index (κ2) is 9.47. The fourth-order valence-electron chi connectivity index (χ4n) is 3.13. The van der Waals surface area contributed by atoms with Crippen LogP contribution in [0.15, 0.2) is 36.5 Å². The molecule has 3 aromatic rings. The molecule has 1 fully saturated rings. The van der Waals surface area contributed by atoms with Gasteiger partial charge in [-0.25, -0.2) is 13.8 Å². The van der Waals surface area contributed by atoms with Crippen molar-refractivity contribution in [2.24, 2.45) is 0 Å². The number of rotatable bonds is 7. The molecule has 0 amide bonds. The second-order valence-corrected chi connectivity index (χ2v) is 6.61. The molecule has 0 spiro atoms. The van der Waals surface area contributed by atoms with E-state index in [1.54, 1.807) is 37.4 Å². The summed E-state index contributed by atoms with van der Waals surface area (Å²) >= 11 is 0. The number of morpholine rings is 1. The Hall–Kier alpha value is -3.60. The number of nitrogens with one attached hydrogen (secondary N) is 2. The Morgan fingerprint density at radius 3 is 2.61 bits per heavy atom. The van der Waals surface area contributed by atoms with Crippen molar-refractivity contribution >= 4 is 23.4 Å². The van der Waals surface area contributed by atoms with Gasteiger partial charge in [-0.2, -0.15) is 4.98 Å². The Labute approximate surface area is 177 Å². The van der Waals surface area contributed by atoms with Crippen LogP contribution in [0.3, 0.4) is 0 Å². The highest BCUT2D eigenvalue weighted by atomic mass is 19.1. The molecule has 0 aliphatic carbocycles. The second-order valence-electron chi connectivity index (χ2n) is 6.61. The van der Waals surface area contributed by atoms with Crippen LogP contribution in [-0.4, -0.2) is 60.4 Å². The zero-order chi connectivity index (χ0) is 21.6. The SMILES string of the molecule is CNc1nnc(Nc2nc(N3CCOCC3)ncc2F)cc1-c1ccc(OCF)cc1. The van der Waals surface area contributed by atoms with Crippen LogP contribution in [0.5, 0.6) is 5.75 Å². The van der Waals surface area contributed by atoms with Gasteiger partial charge in [0.2, 0.25) is 12.8 Å². The molecule has 11 heteroatoms. The van der Waals surface area contributed by atoms with Crippen LogP contribution in [0.4, 0.5) is 32.2 Å². The lowest BCUT2D eigenvalue weighted by atomic mass is 10.1. The first-order valence-corrected chi connectivity index (χ1v) is 9.65. The fraction of sp³-hybridized carbons (Fsp3) is 0.300. The minimum Gasteiger partial charge on any atom is -0.463 e. The van der Waals surface area contributed by atoms with Crippen molar-refractivity contribution in [2.45, 2.75) is 0 Å². The van der Waals surface area contributed by atoms with Gasteiger partial charge in [0.25, 0.3) is 0 Å². The molecular formula is C20H21F2N7O2. The summed E-state index contributed by atoms with van der Waals surface area (Å²) in [5.41, 5.74) is 1.51. The number of ether oxygens (including phenoxy) is 2. The molecule has 1 saturated heterocycles. The first-order valence-electron chi connectivity index (χ1n) is 9.65. The normalized spacial score (nSPS) is 13.7. The van der Waals surface area contributed by atoms with Gasteiger partial charge in [0.15, 0.2) is 23.3 Å². The monoisotopic (exact) mass is 429 g/mol. The Morgan fingerprint density at radius 1 is 1.13 bits per heavy atom. The maximum Gasteiger partial charge on any atom is 0.228 e. The minimum absolute atomic E-state index is 0.000596. The van der Waals surface area contributed by atoms with Gasteiger partial charge in [-0.1, -0.05) is 12.1 Å². The summed E-state index contributed by atoms with van der Waals surface area (Å²) in [6.07, 6.45) is 1.13. The Kier molecular flexibility index (Phi) is 6.32. The van der Waals surface area contributed by atoms with Gasteiger partial charge in [-0.05, 0) is 23.8 Å². The third-order valence-corrected chi connectivity index (χ3v) is 4.69. The molecule has 0 unspecified atom stereocenters. The number of alkyl halides is 1. The molecule has 0 bridgehead atoms. The molecule has 1 aromatic carbocycles. The highest BCUT2D eigenvalue weighted by Crippen LogP contribution is 2.30. The lowest BCUT2D eigenvalue weighted by molar-refractivity contribution is 0.122. The lowest BCUT2D eigenvalue weighted by Gasteiger charge is -2.26. The van der Waals surface area contributed by atoms with Crippen molar-refractivity contribution < 1.29 is 18.3 Å². The number of benzene rings is 1. The van der Waals surface area contributed by atoms with Crippen molar-refractivity contribution in [1.29, 1.82) is 0 Å². The maximum atomic E-state index is 14.4. The van der Waals surface area contributed by atoms with Gasteiger partial charge in [-0.3, -0.25) is 0 Å². The molecule has 2 aromatic heterocycles. The predicted octanol–water partition coefficient (Wildman–Crippen LogP) is 3.00. The number of aromatic nitrogens is 4. The van der Waals surface area contributed by atoms with E-state index in [1.807, 2.05) is 4.90 Å². The van der Waals surface area contributed by atoms with Crippen molar-refractivity contribution in [3.63, 3.8) is 0 Å². The molecule has 0 saturated carbocycles. The van der Waals surface area contributed by atoms with E-state index < -0.39 is 12.7 Å². The van der Waals surface area contributed by atoms with Gasteiger partial charge in [0, 0.05) is 25.7 Å². The molecule has 3 heterocycles. The molecule has 0 radical (unpaired) electrons. The van der Waals surface area contributed by atoms with Crippen LogP contribution >= 0.6 is 0 Å².